The van der Waals surface area contributed by atoms with Gasteiger partial charge in [0.15, 0.2) is 0 Å². The molecule has 1 fully saturated rings. The van der Waals surface area contributed by atoms with Gasteiger partial charge < -0.3 is 10.2 Å². The van der Waals surface area contributed by atoms with E-state index in [1.165, 1.54) is 28.8 Å². The van der Waals surface area contributed by atoms with E-state index in [-0.39, 0.29) is 17.3 Å². The Hall–Kier alpha value is -4.22. The summed E-state index contributed by atoms with van der Waals surface area (Å²) in [6.45, 7) is 1.64. The zero-order valence-corrected chi connectivity index (χ0v) is 24.7. The normalized spacial score (nSPS) is 19.4. The van der Waals surface area contributed by atoms with E-state index in [4.69, 9.17) is 0 Å². The van der Waals surface area contributed by atoms with Gasteiger partial charge in [-0.1, -0.05) is 53.4 Å². The van der Waals surface area contributed by atoms with Gasteiger partial charge in [0.1, 0.15) is 17.6 Å². The molecule has 4 aromatic rings. The number of amides is 3. The maximum Gasteiger partial charge on any atom is 0.308 e. The summed E-state index contributed by atoms with van der Waals surface area (Å²) in [5, 5.41) is 2.55. The molecule has 2 aliphatic heterocycles. The summed E-state index contributed by atoms with van der Waals surface area (Å²) in [6.07, 6.45) is 0. The van der Waals surface area contributed by atoms with Gasteiger partial charge in [0.2, 0.25) is 17.7 Å². The first kappa shape index (κ1) is 27.9. The Kier molecular flexibility index (Phi) is 7.24. The molecule has 3 heterocycles. The lowest BCUT2D eigenvalue weighted by molar-refractivity contribution is -0.122. The van der Waals surface area contributed by atoms with Crippen molar-refractivity contribution in [2.75, 3.05) is 29.2 Å². The molecule has 1 N–H and O–H groups in total. The fraction of sp³-hybridized carbons (Fsp3) is 0.226. The molecule has 0 spiro atoms. The highest BCUT2D eigenvalue weighted by atomic mass is 32.2. The van der Waals surface area contributed by atoms with Crippen LogP contribution in [0.4, 0.5) is 21.5 Å². The molecule has 0 radical (unpaired) electrons. The van der Waals surface area contributed by atoms with Crippen molar-refractivity contribution in [3.05, 3.63) is 104 Å². The van der Waals surface area contributed by atoms with E-state index in [0.29, 0.717) is 21.3 Å². The van der Waals surface area contributed by atoms with Crippen LogP contribution in [0.3, 0.4) is 0 Å². The van der Waals surface area contributed by atoms with Gasteiger partial charge in [0.05, 0.1) is 16.6 Å². The van der Waals surface area contributed by atoms with Gasteiger partial charge >= 0.3 is 4.87 Å². The van der Waals surface area contributed by atoms with Gasteiger partial charge in [-0.3, -0.25) is 23.7 Å². The van der Waals surface area contributed by atoms with Crippen LogP contribution in [-0.2, 0) is 20.9 Å². The minimum Gasteiger partial charge on any atom is -0.378 e. The first-order valence-electron chi connectivity index (χ1n) is 13.3. The van der Waals surface area contributed by atoms with Crippen LogP contribution in [0.25, 0.3) is 0 Å². The highest BCUT2D eigenvalue weighted by Gasteiger charge is 2.56. The van der Waals surface area contributed by atoms with Gasteiger partial charge in [-0.2, -0.15) is 0 Å². The second kappa shape index (κ2) is 10.9. The van der Waals surface area contributed by atoms with E-state index in [1.54, 1.807) is 6.07 Å². The number of carbonyl (C=O) groups is 3. The minimum atomic E-state index is -0.826. The Morgan fingerprint density at radius 2 is 1.64 bits per heavy atom. The van der Waals surface area contributed by atoms with Crippen molar-refractivity contribution in [2.45, 2.75) is 29.7 Å². The Bertz CT molecular complexity index is 1760. The molecular formula is C31H27FN4O4S2. The van der Waals surface area contributed by atoms with Crippen molar-refractivity contribution in [3.63, 3.8) is 0 Å². The average molecular weight is 603 g/mol. The molecule has 8 nitrogen and oxygen atoms in total. The SMILES string of the molecule is Cc1ccccc1NC(=O)Cn1c2c(sc1=O)[C@@H](c1ccc(N(C)C)cc1)[C@@H]1C(=O)N(c3ccc(F)cc3)C(=O)[C@@H]1S2. The number of nitrogens with one attached hydrogen (secondary N) is 1. The smallest absolute Gasteiger partial charge is 0.308 e. The summed E-state index contributed by atoms with van der Waals surface area (Å²) in [4.78, 5) is 57.6. The summed E-state index contributed by atoms with van der Waals surface area (Å²) < 4.78 is 15.1. The molecule has 3 atom stereocenters. The monoisotopic (exact) mass is 602 g/mol. The molecule has 42 heavy (non-hydrogen) atoms. The summed E-state index contributed by atoms with van der Waals surface area (Å²) in [7, 11) is 3.85. The van der Waals surface area contributed by atoms with Crippen LogP contribution >= 0.6 is 23.1 Å². The standard InChI is InChI=1S/C31H27FN4O4S2/c1-17-6-4-5-7-22(17)33-23(37)16-35-30-27(42-31(35)40)24(18-8-12-20(13-9-18)34(2)3)25-26(41-30)29(39)36(28(25)38)21-14-10-19(32)11-15-21/h4-15,24-26H,16H2,1-3H3,(H,33,37)/t24-,25-,26+/m0/s1. The molecule has 214 valence electrons. The molecule has 1 aromatic heterocycles. The number of nitrogens with zero attached hydrogens (tertiary/aromatic N) is 3. The molecule has 0 saturated carbocycles. The summed E-state index contributed by atoms with van der Waals surface area (Å²) in [5.74, 6) is -3.04. The lowest BCUT2D eigenvalue weighted by atomic mass is 9.83. The fourth-order valence-electron chi connectivity index (χ4n) is 5.49. The molecule has 6 rings (SSSR count). The number of para-hydroxylation sites is 1. The number of halogens is 1. The lowest BCUT2D eigenvalue weighted by Crippen LogP contribution is -2.33. The van der Waals surface area contributed by atoms with Crippen LogP contribution in [0.2, 0.25) is 0 Å². The number of anilines is 3. The first-order valence-corrected chi connectivity index (χ1v) is 15.0. The highest BCUT2D eigenvalue weighted by Crippen LogP contribution is 2.54. The molecule has 3 amide bonds. The third kappa shape index (κ3) is 4.82. The van der Waals surface area contributed by atoms with Crippen molar-refractivity contribution in [1.82, 2.24) is 4.57 Å². The number of rotatable bonds is 6. The predicted molar refractivity (Wildman–Crippen MR) is 163 cm³/mol. The summed E-state index contributed by atoms with van der Waals surface area (Å²) in [5.41, 5.74) is 3.58. The fourth-order valence-corrected chi connectivity index (χ4v) is 8.26. The lowest BCUT2D eigenvalue weighted by Gasteiger charge is -2.31. The maximum atomic E-state index is 14.0. The van der Waals surface area contributed by atoms with E-state index in [2.05, 4.69) is 5.32 Å². The molecule has 0 unspecified atom stereocenters. The zero-order chi connectivity index (χ0) is 29.7. The van der Waals surface area contributed by atoms with Gasteiger partial charge in [-0.15, -0.1) is 0 Å². The van der Waals surface area contributed by atoms with E-state index in [0.717, 1.165) is 44.8 Å². The number of carbonyl (C=O) groups excluding carboxylic acids is 3. The van der Waals surface area contributed by atoms with Gasteiger partial charge in [0.25, 0.3) is 0 Å². The number of thioether (sulfide) groups is 1. The van der Waals surface area contributed by atoms with E-state index >= 15 is 0 Å². The quantitative estimate of drug-likeness (QED) is 0.317. The summed E-state index contributed by atoms with van der Waals surface area (Å²) in [6, 6.07) is 20.3. The Balaban J connectivity index is 1.42. The van der Waals surface area contributed by atoms with Crippen molar-refractivity contribution >= 4 is 57.9 Å². The van der Waals surface area contributed by atoms with Crippen molar-refractivity contribution in [3.8, 4) is 0 Å². The molecule has 0 aliphatic carbocycles. The number of aromatic nitrogens is 1. The molecule has 2 aliphatic rings. The number of hydrogen-bond acceptors (Lipinski definition) is 7. The third-order valence-corrected chi connectivity index (χ3v) is 10.2. The van der Waals surface area contributed by atoms with Crippen LogP contribution in [0.1, 0.15) is 21.9 Å². The van der Waals surface area contributed by atoms with Crippen LogP contribution in [0.5, 0.6) is 0 Å². The van der Waals surface area contributed by atoms with Crippen LogP contribution in [-0.4, -0.2) is 41.6 Å². The number of benzene rings is 3. The van der Waals surface area contributed by atoms with Gasteiger partial charge in [-0.05, 0) is 60.5 Å². The Labute approximate surface area is 249 Å². The van der Waals surface area contributed by atoms with Crippen molar-refractivity contribution < 1.29 is 18.8 Å². The molecule has 11 heteroatoms. The number of fused-ring (bicyclic) bond motifs is 2. The third-order valence-electron chi connectivity index (χ3n) is 7.62. The highest BCUT2D eigenvalue weighted by molar-refractivity contribution is 8.00. The predicted octanol–water partition coefficient (Wildman–Crippen LogP) is 4.86. The van der Waals surface area contributed by atoms with Gasteiger partial charge in [-0.25, -0.2) is 9.29 Å². The minimum absolute atomic E-state index is 0.237. The molecular weight excluding hydrogens is 575 g/mol. The average Bonchev–Trinajstić information content (AvgIpc) is 3.41. The number of hydrogen-bond donors (Lipinski definition) is 1. The van der Waals surface area contributed by atoms with E-state index < -0.39 is 34.7 Å². The van der Waals surface area contributed by atoms with Crippen molar-refractivity contribution in [2.24, 2.45) is 5.92 Å². The molecule has 1 saturated heterocycles. The number of imide groups is 1. The zero-order valence-electron chi connectivity index (χ0n) is 23.0. The van der Waals surface area contributed by atoms with E-state index in [1.807, 2.05) is 68.4 Å². The largest absolute Gasteiger partial charge is 0.378 e. The second-order valence-electron chi connectivity index (χ2n) is 10.5. The Morgan fingerprint density at radius 1 is 0.952 bits per heavy atom. The van der Waals surface area contributed by atoms with Gasteiger partial charge in [0, 0.05) is 36.3 Å². The van der Waals surface area contributed by atoms with Crippen LogP contribution in [0, 0.1) is 18.7 Å². The summed E-state index contributed by atoms with van der Waals surface area (Å²) >= 11 is 2.14. The second-order valence-corrected chi connectivity index (χ2v) is 12.6. The maximum absolute atomic E-state index is 14.0. The first-order chi connectivity index (χ1) is 20.1. The van der Waals surface area contributed by atoms with Crippen LogP contribution < -0.4 is 20.0 Å². The topological polar surface area (TPSA) is 91.7 Å². The molecule has 3 aromatic carbocycles. The Morgan fingerprint density at radius 3 is 2.31 bits per heavy atom. The number of aryl methyl sites for hydroxylation is 1. The van der Waals surface area contributed by atoms with Crippen molar-refractivity contribution in [1.29, 1.82) is 0 Å². The number of thiazole rings is 1. The van der Waals surface area contributed by atoms with Crippen LogP contribution in [0.15, 0.2) is 82.6 Å². The van der Waals surface area contributed by atoms with E-state index in [9.17, 15) is 23.6 Å². The molecule has 0 bridgehead atoms.